The molecule has 0 bridgehead atoms. The molecule has 1 aliphatic carbocycles. The van der Waals surface area contributed by atoms with E-state index in [4.69, 9.17) is 0 Å². The Morgan fingerprint density at radius 1 is 1.12 bits per heavy atom. The SMILES string of the molecule is CCCCNC1=CC(=O)c2ccccc2C1=O. The molecule has 0 saturated heterocycles. The van der Waals surface area contributed by atoms with Gasteiger partial charge in [-0.1, -0.05) is 37.6 Å². The second-order valence-electron chi connectivity index (χ2n) is 4.08. The number of rotatable bonds is 4. The van der Waals surface area contributed by atoms with Crippen LogP contribution < -0.4 is 5.32 Å². The van der Waals surface area contributed by atoms with Crippen LogP contribution in [-0.2, 0) is 0 Å². The molecular weight excluding hydrogens is 214 g/mol. The van der Waals surface area contributed by atoms with Crippen LogP contribution in [-0.4, -0.2) is 18.1 Å². The first-order valence-electron chi connectivity index (χ1n) is 5.87. The van der Waals surface area contributed by atoms with Gasteiger partial charge in [-0.15, -0.1) is 0 Å². The quantitative estimate of drug-likeness (QED) is 0.806. The Morgan fingerprint density at radius 3 is 2.53 bits per heavy atom. The molecule has 0 spiro atoms. The molecule has 88 valence electrons. The van der Waals surface area contributed by atoms with Crippen molar-refractivity contribution in [1.82, 2.24) is 5.32 Å². The van der Waals surface area contributed by atoms with Crippen molar-refractivity contribution in [2.45, 2.75) is 19.8 Å². The van der Waals surface area contributed by atoms with Gasteiger partial charge in [0.15, 0.2) is 5.78 Å². The van der Waals surface area contributed by atoms with Crippen LogP contribution in [0.3, 0.4) is 0 Å². The first kappa shape index (κ1) is 11.6. The lowest BCUT2D eigenvalue weighted by molar-refractivity contribution is 0.0978. The number of hydrogen-bond acceptors (Lipinski definition) is 3. The molecule has 17 heavy (non-hydrogen) atoms. The molecule has 3 heteroatoms. The van der Waals surface area contributed by atoms with Gasteiger partial charge in [0.05, 0.1) is 5.70 Å². The highest BCUT2D eigenvalue weighted by atomic mass is 16.1. The van der Waals surface area contributed by atoms with Crippen LogP contribution in [0.25, 0.3) is 0 Å². The van der Waals surface area contributed by atoms with E-state index in [9.17, 15) is 9.59 Å². The average Bonchev–Trinajstić information content (AvgIpc) is 2.36. The van der Waals surface area contributed by atoms with Crippen LogP contribution in [0, 0.1) is 0 Å². The predicted octanol–water partition coefficient (Wildman–Crippen LogP) is 2.34. The van der Waals surface area contributed by atoms with Crippen molar-refractivity contribution < 1.29 is 9.59 Å². The van der Waals surface area contributed by atoms with Crippen molar-refractivity contribution >= 4 is 11.6 Å². The van der Waals surface area contributed by atoms with Gasteiger partial charge in [-0.2, -0.15) is 0 Å². The summed E-state index contributed by atoms with van der Waals surface area (Å²) in [5.41, 5.74) is 1.42. The molecule has 0 unspecified atom stereocenters. The van der Waals surface area contributed by atoms with Gasteiger partial charge in [0.25, 0.3) is 0 Å². The van der Waals surface area contributed by atoms with Crippen molar-refractivity contribution in [3.63, 3.8) is 0 Å². The maximum absolute atomic E-state index is 12.1. The zero-order valence-corrected chi connectivity index (χ0v) is 9.82. The summed E-state index contributed by atoms with van der Waals surface area (Å²) >= 11 is 0. The normalized spacial score (nSPS) is 14.3. The third kappa shape index (κ3) is 2.28. The minimum absolute atomic E-state index is 0.0868. The fourth-order valence-corrected chi connectivity index (χ4v) is 1.85. The van der Waals surface area contributed by atoms with E-state index < -0.39 is 0 Å². The molecule has 0 radical (unpaired) electrons. The second kappa shape index (κ2) is 4.95. The van der Waals surface area contributed by atoms with E-state index >= 15 is 0 Å². The lowest BCUT2D eigenvalue weighted by Crippen LogP contribution is -2.27. The molecule has 2 rings (SSSR count). The molecule has 1 aromatic rings. The zero-order chi connectivity index (χ0) is 12.3. The maximum Gasteiger partial charge on any atom is 0.209 e. The summed E-state index contributed by atoms with van der Waals surface area (Å²) in [6.07, 6.45) is 3.44. The van der Waals surface area contributed by atoms with Gasteiger partial charge in [-0.05, 0) is 6.42 Å². The lowest BCUT2D eigenvalue weighted by Gasteiger charge is -2.16. The van der Waals surface area contributed by atoms with Gasteiger partial charge >= 0.3 is 0 Å². The molecule has 0 aliphatic heterocycles. The summed E-state index contributed by atoms with van der Waals surface area (Å²) in [5.74, 6) is -0.185. The fourth-order valence-electron chi connectivity index (χ4n) is 1.85. The number of unbranched alkanes of at least 4 members (excludes halogenated alkanes) is 1. The third-order valence-electron chi connectivity index (χ3n) is 2.80. The van der Waals surface area contributed by atoms with Crippen molar-refractivity contribution in [2.75, 3.05) is 6.54 Å². The Kier molecular flexibility index (Phi) is 3.38. The summed E-state index contributed by atoms with van der Waals surface area (Å²) in [6, 6.07) is 6.94. The summed E-state index contributed by atoms with van der Waals surface area (Å²) < 4.78 is 0. The van der Waals surface area contributed by atoms with Crippen LogP contribution in [0.15, 0.2) is 36.0 Å². The number of allylic oxidation sites excluding steroid dienone is 2. The molecule has 0 heterocycles. The zero-order valence-electron chi connectivity index (χ0n) is 9.82. The number of ketones is 2. The number of Topliss-reactive ketones (excluding diaryl/α,β-unsaturated/α-hetero) is 1. The molecule has 0 aromatic heterocycles. The molecule has 0 fully saturated rings. The van der Waals surface area contributed by atoms with E-state index in [0.717, 1.165) is 19.4 Å². The molecule has 3 nitrogen and oxygen atoms in total. The van der Waals surface area contributed by atoms with Crippen LogP contribution in [0.2, 0.25) is 0 Å². The van der Waals surface area contributed by atoms with Gasteiger partial charge < -0.3 is 5.32 Å². The van der Waals surface area contributed by atoms with Crippen molar-refractivity contribution in [3.8, 4) is 0 Å². The number of hydrogen-bond donors (Lipinski definition) is 1. The Balaban J connectivity index is 2.23. The minimum Gasteiger partial charge on any atom is -0.382 e. The smallest absolute Gasteiger partial charge is 0.209 e. The Morgan fingerprint density at radius 2 is 1.82 bits per heavy atom. The van der Waals surface area contributed by atoms with Crippen LogP contribution in [0.5, 0.6) is 0 Å². The van der Waals surface area contributed by atoms with E-state index in [0.29, 0.717) is 16.8 Å². The number of carbonyl (C=O) groups is 2. The van der Waals surface area contributed by atoms with Crippen molar-refractivity contribution in [1.29, 1.82) is 0 Å². The largest absolute Gasteiger partial charge is 0.382 e. The second-order valence-corrected chi connectivity index (χ2v) is 4.08. The lowest BCUT2D eigenvalue weighted by atomic mass is 9.93. The van der Waals surface area contributed by atoms with E-state index in [1.54, 1.807) is 24.3 Å². The van der Waals surface area contributed by atoms with Crippen LogP contribution in [0.1, 0.15) is 40.5 Å². The highest BCUT2D eigenvalue weighted by Gasteiger charge is 2.24. The maximum atomic E-state index is 12.1. The topological polar surface area (TPSA) is 46.2 Å². The molecule has 0 amide bonds. The highest BCUT2D eigenvalue weighted by molar-refractivity contribution is 6.24. The van der Waals surface area contributed by atoms with E-state index in [2.05, 4.69) is 12.2 Å². The molecule has 1 N–H and O–H groups in total. The van der Waals surface area contributed by atoms with Gasteiger partial charge in [0.1, 0.15) is 0 Å². The number of carbonyl (C=O) groups excluding carboxylic acids is 2. The number of nitrogens with one attached hydrogen (secondary N) is 1. The number of fused-ring (bicyclic) bond motifs is 1. The average molecular weight is 229 g/mol. The highest BCUT2D eigenvalue weighted by Crippen LogP contribution is 2.19. The Bertz CT molecular complexity index is 489. The van der Waals surface area contributed by atoms with Gasteiger partial charge in [0.2, 0.25) is 5.78 Å². The molecule has 1 aliphatic rings. The van der Waals surface area contributed by atoms with E-state index in [-0.39, 0.29) is 11.6 Å². The van der Waals surface area contributed by atoms with E-state index in [1.165, 1.54) is 6.08 Å². The molecule has 0 saturated carbocycles. The van der Waals surface area contributed by atoms with Crippen molar-refractivity contribution in [3.05, 3.63) is 47.2 Å². The summed E-state index contributed by atoms with van der Waals surface area (Å²) in [4.78, 5) is 23.9. The summed E-state index contributed by atoms with van der Waals surface area (Å²) in [5, 5.41) is 3.03. The molecule has 0 atom stereocenters. The molecule has 1 aromatic carbocycles. The minimum atomic E-state index is -0.0980. The Labute approximate surface area is 101 Å². The van der Waals surface area contributed by atoms with Crippen LogP contribution >= 0.6 is 0 Å². The molecular formula is C14H15NO2. The van der Waals surface area contributed by atoms with Gasteiger partial charge in [0, 0.05) is 23.7 Å². The predicted molar refractivity (Wildman–Crippen MR) is 66.1 cm³/mol. The van der Waals surface area contributed by atoms with Gasteiger partial charge in [-0.3, -0.25) is 9.59 Å². The monoisotopic (exact) mass is 229 g/mol. The van der Waals surface area contributed by atoms with E-state index in [1.807, 2.05) is 0 Å². The van der Waals surface area contributed by atoms with Crippen molar-refractivity contribution in [2.24, 2.45) is 0 Å². The summed E-state index contributed by atoms with van der Waals surface area (Å²) in [7, 11) is 0. The first-order valence-corrected chi connectivity index (χ1v) is 5.87. The van der Waals surface area contributed by atoms with Gasteiger partial charge in [-0.25, -0.2) is 0 Å². The summed E-state index contributed by atoms with van der Waals surface area (Å²) in [6.45, 7) is 2.81. The fraction of sp³-hybridized carbons (Fsp3) is 0.286. The third-order valence-corrected chi connectivity index (χ3v) is 2.80. The first-order chi connectivity index (χ1) is 8.24. The van der Waals surface area contributed by atoms with Crippen LogP contribution in [0.4, 0.5) is 0 Å². The Hall–Kier alpha value is -1.90. The standard InChI is InChI=1S/C14H15NO2/c1-2-3-8-15-12-9-13(16)10-6-4-5-7-11(10)14(12)17/h4-7,9,15H,2-3,8H2,1H3. The number of benzene rings is 1.